The van der Waals surface area contributed by atoms with Crippen LogP contribution in [0.15, 0.2) is 34.4 Å². The minimum Gasteiger partial charge on any atom is -0.410 e. The molecule has 102 valence electrons. The van der Waals surface area contributed by atoms with Gasteiger partial charge in [0.05, 0.1) is 0 Å². The van der Waals surface area contributed by atoms with E-state index >= 15 is 0 Å². The number of aliphatic imine (C=N–C) groups is 1. The van der Waals surface area contributed by atoms with Crippen LogP contribution in [0.25, 0.3) is 0 Å². The number of carbonyl (C=O) groups is 1. The lowest BCUT2D eigenvalue weighted by atomic mass is 10.1. The van der Waals surface area contributed by atoms with Crippen molar-refractivity contribution in [3.63, 3.8) is 0 Å². The molecule has 0 fully saturated rings. The van der Waals surface area contributed by atoms with Gasteiger partial charge < -0.3 is 5.21 Å². The van der Waals surface area contributed by atoms with Crippen LogP contribution in [0, 0.1) is 6.92 Å². The number of nitrogens with zero attached hydrogens (tertiary/aromatic N) is 2. The fourth-order valence-electron chi connectivity index (χ4n) is 1.47. The fraction of sp³-hybridized carbons (Fsp3) is 0.357. The summed E-state index contributed by atoms with van der Waals surface area (Å²) < 4.78 is 0. The molecule has 0 heterocycles. The van der Waals surface area contributed by atoms with E-state index in [1.54, 1.807) is 18.4 Å². The molecule has 0 atom stereocenters. The first-order valence-corrected chi connectivity index (χ1v) is 7.17. The molecule has 4 nitrogen and oxygen atoms in total. The van der Waals surface area contributed by atoms with Crippen molar-refractivity contribution in [2.24, 2.45) is 10.1 Å². The summed E-state index contributed by atoms with van der Waals surface area (Å²) in [6.07, 6.45) is 1.80. The molecule has 0 radical (unpaired) electrons. The average molecular weight is 278 g/mol. The second kappa shape index (κ2) is 7.09. The molecule has 19 heavy (non-hydrogen) atoms. The predicted octanol–water partition coefficient (Wildman–Crippen LogP) is 3.18. The number of thioether (sulfide) groups is 1. The first-order valence-electron chi connectivity index (χ1n) is 5.95. The van der Waals surface area contributed by atoms with E-state index in [4.69, 9.17) is 5.21 Å². The first-order chi connectivity index (χ1) is 8.99. The molecule has 0 aliphatic carbocycles. The molecule has 0 bridgehead atoms. The van der Waals surface area contributed by atoms with Crippen molar-refractivity contribution < 1.29 is 10.0 Å². The molecule has 1 rings (SSSR count). The molecule has 1 aromatic rings. The average Bonchev–Trinajstić information content (AvgIpc) is 2.38. The van der Waals surface area contributed by atoms with Gasteiger partial charge in [0.1, 0.15) is 5.04 Å². The van der Waals surface area contributed by atoms with Crippen LogP contribution in [0.3, 0.4) is 0 Å². The van der Waals surface area contributed by atoms with Gasteiger partial charge in [0.25, 0.3) is 0 Å². The number of benzene rings is 1. The molecule has 0 amide bonds. The van der Waals surface area contributed by atoms with Crippen LogP contribution >= 0.6 is 11.8 Å². The van der Waals surface area contributed by atoms with Crippen molar-refractivity contribution in [3.8, 4) is 0 Å². The van der Waals surface area contributed by atoms with Gasteiger partial charge in [-0.25, -0.2) is 0 Å². The van der Waals surface area contributed by atoms with Crippen molar-refractivity contribution in [2.75, 3.05) is 6.26 Å². The molecule has 0 aliphatic heterocycles. The van der Waals surface area contributed by atoms with Crippen LogP contribution in [-0.2, 0) is 0 Å². The first kappa shape index (κ1) is 15.4. The minimum atomic E-state index is -0.323. The van der Waals surface area contributed by atoms with E-state index in [2.05, 4.69) is 10.1 Å². The molecule has 1 N–H and O–H groups in total. The van der Waals surface area contributed by atoms with Gasteiger partial charge in [0.15, 0.2) is 5.71 Å². The second-order valence-electron chi connectivity index (χ2n) is 4.38. The SMILES string of the molecule is CSC(=NC(C)C)/C(=N/O)C(=O)c1ccc(C)cc1. The van der Waals surface area contributed by atoms with Crippen molar-refractivity contribution >= 4 is 28.3 Å². The Hall–Kier alpha value is -1.62. The zero-order chi connectivity index (χ0) is 14.4. The molecule has 1 aromatic carbocycles. The number of ketones is 1. The van der Waals surface area contributed by atoms with Crippen LogP contribution in [-0.4, -0.2) is 34.0 Å². The highest BCUT2D eigenvalue weighted by Gasteiger charge is 2.20. The molecule has 0 aliphatic rings. The topological polar surface area (TPSA) is 62.0 Å². The lowest BCUT2D eigenvalue weighted by Gasteiger charge is -2.07. The van der Waals surface area contributed by atoms with Crippen LogP contribution in [0.5, 0.6) is 0 Å². The van der Waals surface area contributed by atoms with Gasteiger partial charge in [-0.05, 0) is 27.0 Å². The maximum atomic E-state index is 12.3. The Morgan fingerprint density at radius 2 is 1.84 bits per heavy atom. The van der Waals surface area contributed by atoms with Crippen LogP contribution in [0.4, 0.5) is 0 Å². The third-order valence-corrected chi connectivity index (χ3v) is 3.09. The molecule has 0 saturated heterocycles. The van der Waals surface area contributed by atoms with E-state index in [0.29, 0.717) is 10.6 Å². The minimum absolute atomic E-state index is 0.00921. The number of Topliss-reactive ketones (excluding diaryl/α,β-unsaturated/α-hetero) is 1. The zero-order valence-electron chi connectivity index (χ0n) is 11.5. The number of rotatable bonds is 4. The summed E-state index contributed by atoms with van der Waals surface area (Å²) in [5.74, 6) is -0.323. The zero-order valence-corrected chi connectivity index (χ0v) is 12.4. The molecule has 0 aromatic heterocycles. The Morgan fingerprint density at radius 1 is 1.26 bits per heavy atom. The highest BCUT2D eigenvalue weighted by Crippen LogP contribution is 2.11. The van der Waals surface area contributed by atoms with E-state index in [-0.39, 0.29) is 17.5 Å². The summed E-state index contributed by atoms with van der Waals surface area (Å²) in [5, 5.41) is 12.7. The lowest BCUT2D eigenvalue weighted by Crippen LogP contribution is -2.23. The Bertz CT molecular complexity index is 505. The standard InChI is InChI=1S/C14H18N2O2S/c1-9(2)15-14(19-4)12(16-18)13(17)11-7-5-10(3)6-8-11/h5-9,18H,1-4H3/b15-14?,16-12+. The third kappa shape index (κ3) is 4.21. The van der Waals surface area contributed by atoms with Gasteiger partial charge in [0.2, 0.25) is 5.78 Å². The van der Waals surface area contributed by atoms with Crippen LogP contribution in [0.2, 0.25) is 0 Å². The van der Waals surface area contributed by atoms with E-state index in [0.717, 1.165) is 5.56 Å². The third-order valence-electron chi connectivity index (χ3n) is 2.40. The van der Waals surface area contributed by atoms with Crippen molar-refractivity contribution in [2.45, 2.75) is 26.8 Å². The summed E-state index contributed by atoms with van der Waals surface area (Å²) in [7, 11) is 0. The molecule has 0 saturated carbocycles. The van der Waals surface area contributed by atoms with Crippen molar-refractivity contribution in [3.05, 3.63) is 35.4 Å². The Morgan fingerprint density at radius 3 is 2.26 bits per heavy atom. The number of hydrogen-bond donors (Lipinski definition) is 1. The summed E-state index contributed by atoms with van der Waals surface area (Å²) in [6, 6.07) is 7.16. The van der Waals surface area contributed by atoms with Gasteiger partial charge in [-0.2, -0.15) is 0 Å². The lowest BCUT2D eigenvalue weighted by molar-refractivity contribution is 0.106. The molecular formula is C14H18N2O2S. The summed E-state index contributed by atoms with van der Waals surface area (Å²) in [5.41, 5.74) is 1.55. The summed E-state index contributed by atoms with van der Waals surface area (Å²) >= 11 is 1.30. The maximum absolute atomic E-state index is 12.3. The number of aryl methyl sites for hydroxylation is 1. The largest absolute Gasteiger partial charge is 0.410 e. The van der Waals surface area contributed by atoms with Gasteiger partial charge in [-0.1, -0.05) is 35.0 Å². The normalized spacial score (nSPS) is 12.9. The smallest absolute Gasteiger partial charge is 0.217 e. The van der Waals surface area contributed by atoms with Gasteiger partial charge in [0, 0.05) is 11.6 Å². The van der Waals surface area contributed by atoms with E-state index < -0.39 is 0 Å². The molecule has 0 spiro atoms. The van der Waals surface area contributed by atoms with Crippen LogP contribution < -0.4 is 0 Å². The van der Waals surface area contributed by atoms with Crippen molar-refractivity contribution in [1.29, 1.82) is 0 Å². The van der Waals surface area contributed by atoms with Crippen molar-refractivity contribution in [1.82, 2.24) is 0 Å². The quantitative estimate of drug-likeness (QED) is 0.302. The van der Waals surface area contributed by atoms with Gasteiger partial charge in [-0.15, -0.1) is 11.8 Å². The van der Waals surface area contributed by atoms with E-state index in [9.17, 15) is 4.79 Å². The molecule has 5 heteroatoms. The van der Waals surface area contributed by atoms with E-state index in [1.165, 1.54) is 11.8 Å². The van der Waals surface area contributed by atoms with Gasteiger partial charge >= 0.3 is 0 Å². The Balaban J connectivity index is 3.10. The highest BCUT2D eigenvalue weighted by molar-refractivity contribution is 8.15. The summed E-state index contributed by atoms with van der Waals surface area (Å²) in [4.78, 5) is 16.6. The van der Waals surface area contributed by atoms with Gasteiger partial charge in [-0.3, -0.25) is 9.79 Å². The monoisotopic (exact) mass is 278 g/mol. The molecular weight excluding hydrogens is 260 g/mol. The highest BCUT2D eigenvalue weighted by atomic mass is 32.2. The Labute approximate surface area is 117 Å². The molecule has 0 unspecified atom stereocenters. The maximum Gasteiger partial charge on any atom is 0.217 e. The number of carbonyl (C=O) groups excluding carboxylic acids is 1. The predicted molar refractivity (Wildman–Crippen MR) is 80.8 cm³/mol. The van der Waals surface area contributed by atoms with E-state index in [1.807, 2.05) is 32.9 Å². The summed E-state index contributed by atoms with van der Waals surface area (Å²) in [6.45, 7) is 5.76. The second-order valence-corrected chi connectivity index (χ2v) is 5.17. The number of oxime groups is 1. The fourth-order valence-corrected chi connectivity index (χ4v) is 2.12. The van der Waals surface area contributed by atoms with Crippen LogP contribution in [0.1, 0.15) is 29.8 Å². The number of hydrogen-bond acceptors (Lipinski definition) is 5. The Kier molecular flexibility index (Phi) is 5.76.